The fraction of sp³-hybridized carbons (Fsp3) is 0.333. The summed E-state index contributed by atoms with van der Waals surface area (Å²) in [6.45, 7) is 2.12. The van der Waals surface area contributed by atoms with E-state index in [9.17, 15) is 22.4 Å². The van der Waals surface area contributed by atoms with Gasteiger partial charge in [-0.05, 0) is 30.2 Å². The average molecular weight is 584 g/mol. The van der Waals surface area contributed by atoms with E-state index < -0.39 is 40.2 Å². The van der Waals surface area contributed by atoms with Gasteiger partial charge < -0.3 is 19.7 Å². The molecule has 4 rings (SSSR count). The minimum Gasteiger partial charge on any atom is -0.486 e. The van der Waals surface area contributed by atoms with Crippen molar-refractivity contribution < 1.29 is 31.9 Å². The van der Waals surface area contributed by atoms with E-state index in [0.29, 0.717) is 37.7 Å². The van der Waals surface area contributed by atoms with Crippen LogP contribution in [0, 0.1) is 5.82 Å². The van der Waals surface area contributed by atoms with Gasteiger partial charge in [0.15, 0.2) is 11.5 Å². The van der Waals surface area contributed by atoms with Crippen LogP contribution in [0.4, 0.5) is 10.1 Å². The van der Waals surface area contributed by atoms with Gasteiger partial charge in [0.25, 0.3) is 0 Å². The Balaban J connectivity index is 1.73. The number of nitrogens with one attached hydrogen (secondary N) is 1. The maximum Gasteiger partial charge on any atom is 0.244 e. The molecule has 0 aliphatic carbocycles. The molecule has 0 saturated heterocycles. The van der Waals surface area contributed by atoms with Crippen LogP contribution in [-0.4, -0.2) is 63.7 Å². The molecule has 0 radical (unpaired) electrons. The Morgan fingerprint density at radius 3 is 2.34 bits per heavy atom. The maximum absolute atomic E-state index is 14.8. The van der Waals surface area contributed by atoms with Crippen LogP contribution >= 0.6 is 0 Å². The highest BCUT2D eigenvalue weighted by Crippen LogP contribution is 2.34. The van der Waals surface area contributed by atoms with Crippen LogP contribution in [0.1, 0.15) is 24.5 Å². The van der Waals surface area contributed by atoms with Crippen molar-refractivity contribution in [1.29, 1.82) is 0 Å². The van der Waals surface area contributed by atoms with Gasteiger partial charge in [-0.2, -0.15) is 0 Å². The number of nitrogens with zero attached hydrogens (tertiary/aromatic N) is 2. The molecular formula is C30H34FN3O6S. The highest BCUT2D eigenvalue weighted by Gasteiger charge is 2.33. The first-order valence-corrected chi connectivity index (χ1v) is 15.2. The molecule has 41 heavy (non-hydrogen) atoms. The monoisotopic (exact) mass is 583 g/mol. The summed E-state index contributed by atoms with van der Waals surface area (Å²) in [7, 11) is -3.96. The van der Waals surface area contributed by atoms with Crippen molar-refractivity contribution in [2.45, 2.75) is 32.4 Å². The molecule has 218 valence electrons. The lowest BCUT2D eigenvalue weighted by Gasteiger charge is -2.33. The van der Waals surface area contributed by atoms with Gasteiger partial charge in [0, 0.05) is 31.1 Å². The Labute approximate surface area is 239 Å². The van der Waals surface area contributed by atoms with Gasteiger partial charge in [-0.15, -0.1) is 0 Å². The number of fused-ring (bicyclic) bond motifs is 1. The zero-order valence-corrected chi connectivity index (χ0v) is 23.9. The number of carbonyl (C=O) groups excluding carboxylic acids is 2. The molecule has 0 fully saturated rings. The molecule has 9 nitrogen and oxygen atoms in total. The summed E-state index contributed by atoms with van der Waals surface area (Å²) in [5.74, 6) is -0.785. The van der Waals surface area contributed by atoms with E-state index in [1.54, 1.807) is 12.1 Å². The third-order valence-corrected chi connectivity index (χ3v) is 7.75. The first-order chi connectivity index (χ1) is 19.7. The van der Waals surface area contributed by atoms with Crippen molar-refractivity contribution in [3.05, 3.63) is 89.7 Å². The number of sulfonamides is 1. The lowest BCUT2D eigenvalue weighted by molar-refractivity contribution is -0.140. The number of anilines is 1. The van der Waals surface area contributed by atoms with Crippen LogP contribution in [0.3, 0.4) is 0 Å². The Hall–Kier alpha value is -4.12. The average Bonchev–Trinajstić information content (AvgIpc) is 2.97. The second-order valence-corrected chi connectivity index (χ2v) is 11.6. The molecule has 3 aromatic carbocycles. The number of carbonyl (C=O) groups is 2. The second kappa shape index (κ2) is 13.5. The van der Waals surface area contributed by atoms with Crippen LogP contribution in [-0.2, 0) is 32.6 Å². The Morgan fingerprint density at radius 1 is 0.976 bits per heavy atom. The third-order valence-electron chi connectivity index (χ3n) is 6.61. The topological polar surface area (TPSA) is 105 Å². The first kappa shape index (κ1) is 29.9. The van der Waals surface area contributed by atoms with E-state index in [0.717, 1.165) is 16.1 Å². The van der Waals surface area contributed by atoms with Crippen molar-refractivity contribution >= 4 is 27.5 Å². The summed E-state index contributed by atoms with van der Waals surface area (Å²) in [6, 6.07) is 18.7. The smallest absolute Gasteiger partial charge is 0.244 e. The summed E-state index contributed by atoms with van der Waals surface area (Å²) in [4.78, 5) is 28.8. The van der Waals surface area contributed by atoms with Crippen LogP contribution < -0.4 is 19.1 Å². The predicted octanol–water partition coefficient (Wildman–Crippen LogP) is 3.53. The summed E-state index contributed by atoms with van der Waals surface area (Å²) in [5, 5.41) is 2.85. The van der Waals surface area contributed by atoms with Crippen LogP contribution in [0.5, 0.6) is 11.5 Å². The minimum atomic E-state index is -3.96. The molecule has 1 aliphatic heterocycles. The summed E-state index contributed by atoms with van der Waals surface area (Å²) in [6.07, 6.45) is 1.82. The minimum absolute atomic E-state index is 0.152. The van der Waals surface area contributed by atoms with Crippen LogP contribution in [0.15, 0.2) is 72.8 Å². The molecule has 1 heterocycles. The number of ether oxygens (including phenoxy) is 2. The van der Waals surface area contributed by atoms with Crippen molar-refractivity contribution in [2.24, 2.45) is 0 Å². The van der Waals surface area contributed by atoms with Gasteiger partial charge in [0.05, 0.1) is 11.9 Å². The molecule has 0 spiro atoms. The number of benzene rings is 3. The molecule has 1 N–H and O–H groups in total. The molecule has 0 aromatic heterocycles. The fourth-order valence-electron chi connectivity index (χ4n) is 4.53. The van der Waals surface area contributed by atoms with E-state index in [2.05, 4.69) is 5.32 Å². The van der Waals surface area contributed by atoms with Gasteiger partial charge >= 0.3 is 0 Å². The van der Waals surface area contributed by atoms with Crippen molar-refractivity contribution in [3.63, 3.8) is 0 Å². The van der Waals surface area contributed by atoms with E-state index in [-0.39, 0.29) is 24.2 Å². The van der Waals surface area contributed by atoms with Crippen LogP contribution in [0.25, 0.3) is 0 Å². The molecule has 0 unspecified atom stereocenters. The Morgan fingerprint density at radius 2 is 1.66 bits per heavy atom. The van der Waals surface area contributed by atoms with Crippen molar-refractivity contribution in [2.75, 3.05) is 36.9 Å². The lowest BCUT2D eigenvalue weighted by atomic mass is 10.0. The van der Waals surface area contributed by atoms with Gasteiger partial charge in [0.2, 0.25) is 21.8 Å². The van der Waals surface area contributed by atoms with E-state index in [4.69, 9.17) is 9.47 Å². The summed E-state index contributed by atoms with van der Waals surface area (Å²) >= 11 is 0. The molecule has 0 saturated carbocycles. The normalized spacial score (nSPS) is 13.2. The number of hydrogen-bond acceptors (Lipinski definition) is 6. The highest BCUT2D eigenvalue weighted by atomic mass is 32.2. The van der Waals surface area contributed by atoms with Crippen molar-refractivity contribution in [1.82, 2.24) is 10.2 Å². The number of halogens is 1. The number of amides is 2. The molecule has 11 heteroatoms. The van der Waals surface area contributed by atoms with Gasteiger partial charge in [-0.1, -0.05) is 55.5 Å². The SMILES string of the molecule is CCCNC(=O)[C@@H](Cc1ccccc1)N(Cc1ccccc1F)C(=O)CN(c1ccc2c(c1)OCCO2)S(C)(=O)=O. The van der Waals surface area contributed by atoms with Gasteiger partial charge in [-0.3, -0.25) is 13.9 Å². The highest BCUT2D eigenvalue weighted by molar-refractivity contribution is 7.92. The molecule has 1 atom stereocenters. The van der Waals surface area contributed by atoms with Gasteiger partial charge in [-0.25, -0.2) is 12.8 Å². The summed E-state index contributed by atoms with van der Waals surface area (Å²) in [5.41, 5.74) is 1.20. The molecule has 0 bridgehead atoms. The van der Waals surface area contributed by atoms with E-state index in [1.165, 1.54) is 35.2 Å². The predicted molar refractivity (Wildman–Crippen MR) is 154 cm³/mol. The number of hydrogen-bond donors (Lipinski definition) is 1. The Bertz CT molecular complexity index is 1470. The van der Waals surface area contributed by atoms with Crippen LogP contribution in [0.2, 0.25) is 0 Å². The maximum atomic E-state index is 14.8. The molecule has 3 aromatic rings. The standard InChI is InChI=1S/C30H34FN3O6S/c1-3-15-32-30(36)26(18-22-9-5-4-6-10-22)33(20-23-11-7-8-12-25(23)31)29(35)21-34(41(2,37)38)24-13-14-27-28(19-24)40-17-16-39-27/h4-14,19,26H,3,15-18,20-21H2,1-2H3,(H,32,36)/t26-/m1/s1. The first-order valence-electron chi connectivity index (χ1n) is 13.4. The number of rotatable bonds is 12. The zero-order chi connectivity index (χ0) is 29.4. The lowest BCUT2D eigenvalue weighted by Crippen LogP contribution is -2.53. The quantitative estimate of drug-likeness (QED) is 0.350. The van der Waals surface area contributed by atoms with Crippen molar-refractivity contribution in [3.8, 4) is 11.5 Å². The molecular weight excluding hydrogens is 549 g/mol. The van der Waals surface area contributed by atoms with Gasteiger partial charge in [0.1, 0.15) is 31.6 Å². The molecule has 2 amide bonds. The third kappa shape index (κ3) is 7.75. The summed E-state index contributed by atoms with van der Waals surface area (Å²) < 4.78 is 52.8. The largest absolute Gasteiger partial charge is 0.486 e. The second-order valence-electron chi connectivity index (χ2n) is 9.71. The fourth-order valence-corrected chi connectivity index (χ4v) is 5.37. The zero-order valence-electron chi connectivity index (χ0n) is 23.1. The van der Waals surface area contributed by atoms with E-state index in [1.807, 2.05) is 37.3 Å². The Kier molecular flexibility index (Phi) is 9.82. The van der Waals surface area contributed by atoms with E-state index >= 15 is 0 Å². The molecule has 1 aliphatic rings.